The average molecular weight is 306 g/mol. The minimum Gasteiger partial charge on any atom is -0.481 e. The second-order valence-corrected chi connectivity index (χ2v) is 5.74. The first-order chi connectivity index (χ1) is 10.8. The van der Waals surface area contributed by atoms with Gasteiger partial charge in [0, 0.05) is 0 Å². The smallest absolute Gasteiger partial charge is 0.307 e. The van der Waals surface area contributed by atoms with Gasteiger partial charge in [0.2, 0.25) is 0 Å². The predicted molar refractivity (Wildman–Crippen MR) is 96.1 cm³/mol. The third-order valence-electron chi connectivity index (χ3n) is 3.57. The molecule has 0 aliphatic carbocycles. The number of hydrogen-bond acceptors (Lipinski definition) is 1. The van der Waals surface area contributed by atoms with Crippen LogP contribution < -0.4 is 0 Å². The van der Waals surface area contributed by atoms with Crippen LogP contribution in [0.5, 0.6) is 0 Å². The number of carboxylic acids is 1. The number of carbonyl (C=O) groups is 1. The van der Waals surface area contributed by atoms with Gasteiger partial charge in [0.15, 0.2) is 0 Å². The van der Waals surface area contributed by atoms with Crippen molar-refractivity contribution in [2.45, 2.75) is 84.0 Å². The fraction of sp³-hybridized carbons (Fsp3) is 0.650. The van der Waals surface area contributed by atoms with Crippen molar-refractivity contribution < 1.29 is 9.90 Å². The van der Waals surface area contributed by atoms with Crippen molar-refractivity contribution >= 4 is 5.97 Å². The van der Waals surface area contributed by atoms with E-state index in [-0.39, 0.29) is 6.42 Å². The summed E-state index contributed by atoms with van der Waals surface area (Å²) >= 11 is 0. The molecule has 0 aromatic carbocycles. The molecule has 1 N–H and O–H groups in total. The maximum absolute atomic E-state index is 10.3. The third-order valence-corrected chi connectivity index (χ3v) is 3.57. The second-order valence-electron chi connectivity index (χ2n) is 5.74. The molecule has 0 bridgehead atoms. The minimum absolute atomic E-state index is 0.157. The first-order valence-electron chi connectivity index (χ1n) is 8.95. The van der Waals surface area contributed by atoms with Gasteiger partial charge < -0.3 is 5.11 Å². The van der Waals surface area contributed by atoms with E-state index in [9.17, 15) is 4.79 Å². The number of rotatable bonds is 15. The average Bonchev–Trinajstić information content (AvgIpc) is 2.50. The van der Waals surface area contributed by atoms with Gasteiger partial charge in [0.25, 0.3) is 0 Å². The first kappa shape index (κ1) is 20.7. The SMILES string of the molecule is CCC=CC=CCCCCCCCCCCC=CCC(=O)O. The summed E-state index contributed by atoms with van der Waals surface area (Å²) in [7, 11) is 0. The quantitative estimate of drug-likeness (QED) is 0.215. The monoisotopic (exact) mass is 306 g/mol. The molecule has 0 saturated heterocycles. The van der Waals surface area contributed by atoms with Crippen LogP contribution in [0.2, 0.25) is 0 Å². The molecule has 22 heavy (non-hydrogen) atoms. The Morgan fingerprint density at radius 3 is 1.77 bits per heavy atom. The predicted octanol–water partition coefficient (Wildman–Crippen LogP) is 6.44. The molecule has 0 aromatic rings. The van der Waals surface area contributed by atoms with Gasteiger partial charge in [-0.1, -0.05) is 81.9 Å². The highest BCUT2D eigenvalue weighted by atomic mass is 16.4. The standard InChI is InChI=1S/C20H34O2/c1-2-3-4-5-6-7-8-9-10-11-12-13-14-15-16-17-18-19-20(21)22/h3-6,17-18H,2,7-16,19H2,1H3,(H,21,22). The maximum Gasteiger partial charge on any atom is 0.307 e. The molecule has 0 amide bonds. The normalized spacial score (nSPS) is 12.0. The van der Waals surface area contributed by atoms with Gasteiger partial charge in [-0.25, -0.2) is 0 Å². The van der Waals surface area contributed by atoms with Gasteiger partial charge >= 0.3 is 5.97 Å². The fourth-order valence-electron chi connectivity index (χ4n) is 2.28. The highest BCUT2D eigenvalue weighted by Crippen LogP contribution is 2.11. The summed E-state index contributed by atoms with van der Waals surface area (Å²) in [6.45, 7) is 2.15. The molecule has 0 aliphatic heterocycles. The van der Waals surface area contributed by atoms with Crippen molar-refractivity contribution in [3.8, 4) is 0 Å². The van der Waals surface area contributed by atoms with Crippen molar-refractivity contribution in [1.29, 1.82) is 0 Å². The van der Waals surface area contributed by atoms with Crippen LogP contribution in [0.15, 0.2) is 36.5 Å². The lowest BCUT2D eigenvalue weighted by molar-refractivity contribution is -0.136. The molecule has 0 radical (unpaired) electrons. The minimum atomic E-state index is -0.746. The molecule has 0 heterocycles. The van der Waals surface area contributed by atoms with Crippen LogP contribution in [0.25, 0.3) is 0 Å². The van der Waals surface area contributed by atoms with E-state index in [1.807, 2.05) is 6.08 Å². The lowest BCUT2D eigenvalue weighted by atomic mass is 10.1. The summed E-state index contributed by atoms with van der Waals surface area (Å²) < 4.78 is 0. The lowest BCUT2D eigenvalue weighted by Crippen LogP contribution is -1.89. The van der Waals surface area contributed by atoms with E-state index in [1.54, 1.807) is 6.08 Å². The largest absolute Gasteiger partial charge is 0.481 e. The molecular formula is C20H34O2. The van der Waals surface area contributed by atoms with E-state index in [2.05, 4.69) is 31.2 Å². The van der Waals surface area contributed by atoms with Crippen molar-refractivity contribution in [3.63, 3.8) is 0 Å². The highest BCUT2D eigenvalue weighted by Gasteiger charge is 1.92. The zero-order valence-corrected chi connectivity index (χ0v) is 14.3. The summed E-state index contributed by atoms with van der Waals surface area (Å²) in [4.78, 5) is 10.3. The lowest BCUT2D eigenvalue weighted by Gasteiger charge is -2.00. The molecule has 0 rings (SSSR count). The number of carboxylic acid groups (broad SMARTS) is 1. The van der Waals surface area contributed by atoms with E-state index in [0.29, 0.717) is 0 Å². The molecule has 0 atom stereocenters. The van der Waals surface area contributed by atoms with E-state index in [1.165, 1.54) is 57.8 Å². The number of unbranched alkanes of at least 4 members (excludes halogenated alkanes) is 9. The summed E-state index contributed by atoms with van der Waals surface area (Å²) in [6, 6.07) is 0. The zero-order valence-electron chi connectivity index (χ0n) is 14.3. The Labute approximate surface area is 137 Å². The van der Waals surface area contributed by atoms with Gasteiger partial charge in [-0.2, -0.15) is 0 Å². The Hall–Kier alpha value is -1.31. The van der Waals surface area contributed by atoms with E-state index in [4.69, 9.17) is 5.11 Å². The van der Waals surface area contributed by atoms with Gasteiger partial charge in [0.1, 0.15) is 0 Å². The molecule has 0 spiro atoms. The highest BCUT2D eigenvalue weighted by molar-refractivity contribution is 5.68. The Morgan fingerprint density at radius 1 is 0.727 bits per heavy atom. The summed E-state index contributed by atoms with van der Waals surface area (Å²) in [5.74, 6) is -0.746. The van der Waals surface area contributed by atoms with Crippen LogP contribution in [0, 0.1) is 0 Å². The van der Waals surface area contributed by atoms with E-state index < -0.39 is 5.97 Å². The Morgan fingerprint density at radius 2 is 1.23 bits per heavy atom. The Balaban J connectivity index is 3.14. The molecule has 2 nitrogen and oxygen atoms in total. The van der Waals surface area contributed by atoms with Crippen LogP contribution >= 0.6 is 0 Å². The molecule has 0 unspecified atom stereocenters. The molecular weight excluding hydrogens is 272 g/mol. The summed E-state index contributed by atoms with van der Waals surface area (Å²) in [5, 5.41) is 8.48. The Kier molecular flexibility index (Phi) is 16.7. The molecule has 0 aromatic heterocycles. The van der Waals surface area contributed by atoms with Crippen molar-refractivity contribution in [2.75, 3.05) is 0 Å². The van der Waals surface area contributed by atoms with Crippen LogP contribution in [0.1, 0.15) is 84.0 Å². The number of allylic oxidation sites excluding steroid dienone is 5. The molecule has 0 saturated carbocycles. The van der Waals surface area contributed by atoms with Crippen molar-refractivity contribution in [1.82, 2.24) is 0 Å². The molecule has 126 valence electrons. The number of aliphatic carboxylic acids is 1. The van der Waals surface area contributed by atoms with Crippen LogP contribution in [-0.4, -0.2) is 11.1 Å². The van der Waals surface area contributed by atoms with Gasteiger partial charge in [0.05, 0.1) is 6.42 Å². The number of hydrogen-bond donors (Lipinski definition) is 1. The van der Waals surface area contributed by atoms with Crippen molar-refractivity contribution in [3.05, 3.63) is 36.5 Å². The third kappa shape index (κ3) is 18.7. The zero-order chi connectivity index (χ0) is 16.3. The first-order valence-corrected chi connectivity index (χ1v) is 8.95. The summed E-state index contributed by atoms with van der Waals surface area (Å²) in [5.41, 5.74) is 0. The van der Waals surface area contributed by atoms with Crippen LogP contribution in [0.3, 0.4) is 0 Å². The molecule has 2 heteroatoms. The van der Waals surface area contributed by atoms with Gasteiger partial charge in [-0.05, 0) is 32.1 Å². The molecule has 0 aliphatic rings. The van der Waals surface area contributed by atoms with E-state index >= 15 is 0 Å². The fourth-order valence-corrected chi connectivity index (χ4v) is 2.28. The second kappa shape index (κ2) is 17.7. The Bertz CT molecular complexity index is 327. The van der Waals surface area contributed by atoms with Gasteiger partial charge in [-0.3, -0.25) is 4.79 Å². The van der Waals surface area contributed by atoms with Crippen LogP contribution in [0.4, 0.5) is 0 Å². The van der Waals surface area contributed by atoms with Gasteiger partial charge in [-0.15, -0.1) is 0 Å². The van der Waals surface area contributed by atoms with Crippen LogP contribution in [-0.2, 0) is 4.79 Å². The van der Waals surface area contributed by atoms with Crippen molar-refractivity contribution in [2.24, 2.45) is 0 Å². The summed E-state index contributed by atoms with van der Waals surface area (Å²) in [6.07, 6.45) is 26.5. The molecule has 0 fully saturated rings. The topological polar surface area (TPSA) is 37.3 Å². The maximum atomic E-state index is 10.3. The van der Waals surface area contributed by atoms with E-state index in [0.717, 1.165) is 12.8 Å².